The summed E-state index contributed by atoms with van der Waals surface area (Å²) in [5.74, 6) is 0.936. The highest BCUT2D eigenvalue weighted by Gasteiger charge is 2.31. The van der Waals surface area contributed by atoms with E-state index >= 15 is 0 Å². The van der Waals surface area contributed by atoms with Crippen molar-refractivity contribution >= 4 is 15.9 Å². The van der Waals surface area contributed by atoms with Gasteiger partial charge in [0.2, 0.25) is 15.9 Å². The molecule has 0 radical (unpaired) electrons. The summed E-state index contributed by atoms with van der Waals surface area (Å²) in [6.07, 6.45) is 1.74. The summed E-state index contributed by atoms with van der Waals surface area (Å²) in [6, 6.07) is 12.0. The van der Waals surface area contributed by atoms with E-state index in [2.05, 4.69) is 15.5 Å². The zero-order valence-corrected chi connectivity index (χ0v) is 18.5. The number of hydrogen-bond donors (Lipinski definition) is 0. The number of ether oxygens (including phenoxy) is 2. The van der Waals surface area contributed by atoms with Crippen LogP contribution in [0.2, 0.25) is 0 Å². The van der Waals surface area contributed by atoms with Gasteiger partial charge in [-0.15, -0.1) is 5.10 Å². The van der Waals surface area contributed by atoms with Crippen molar-refractivity contribution in [1.82, 2.24) is 29.4 Å². The third-order valence-corrected chi connectivity index (χ3v) is 7.54. The molecule has 0 atom stereocenters. The fourth-order valence-corrected chi connectivity index (χ4v) is 5.28. The molecule has 0 N–H and O–H groups in total. The summed E-state index contributed by atoms with van der Waals surface area (Å²) in [7, 11) is -3.69. The van der Waals surface area contributed by atoms with E-state index in [0.717, 1.165) is 11.3 Å². The first kappa shape index (κ1) is 21.3. The van der Waals surface area contributed by atoms with Crippen molar-refractivity contribution < 1.29 is 22.7 Å². The second-order valence-electron chi connectivity index (χ2n) is 7.69. The summed E-state index contributed by atoms with van der Waals surface area (Å²) in [4.78, 5) is 14.6. The second kappa shape index (κ2) is 8.79. The molecular formula is C21H22N6O5S. The first-order valence-electron chi connectivity index (χ1n) is 10.5. The van der Waals surface area contributed by atoms with Crippen molar-refractivity contribution in [1.29, 1.82) is 0 Å². The van der Waals surface area contributed by atoms with Gasteiger partial charge in [-0.2, -0.15) is 4.31 Å². The van der Waals surface area contributed by atoms with E-state index in [4.69, 9.17) is 9.47 Å². The lowest BCUT2D eigenvalue weighted by Gasteiger charge is -2.34. The molecule has 172 valence electrons. The molecule has 0 aliphatic carbocycles. The van der Waals surface area contributed by atoms with Crippen LogP contribution in [0.5, 0.6) is 11.5 Å². The van der Waals surface area contributed by atoms with Crippen LogP contribution in [0.1, 0.15) is 5.56 Å². The zero-order valence-electron chi connectivity index (χ0n) is 17.7. The Kier molecular flexibility index (Phi) is 5.68. The van der Waals surface area contributed by atoms with Crippen molar-refractivity contribution in [3.05, 3.63) is 54.4 Å². The van der Waals surface area contributed by atoms with Gasteiger partial charge in [0.05, 0.1) is 17.0 Å². The van der Waals surface area contributed by atoms with Crippen LogP contribution >= 0.6 is 0 Å². The predicted octanol–water partition coefficient (Wildman–Crippen LogP) is 0.509. The highest BCUT2D eigenvalue weighted by molar-refractivity contribution is 7.89. The maximum Gasteiger partial charge on any atom is 0.243 e. The lowest BCUT2D eigenvalue weighted by molar-refractivity contribution is -0.131. The highest BCUT2D eigenvalue weighted by Crippen LogP contribution is 2.33. The number of nitrogens with zero attached hydrogens (tertiary/aromatic N) is 6. The fraction of sp³-hybridized carbons (Fsp3) is 0.333. The minimum absolute atomic E-state index is 0.0402. The molecule has 1 amide bonds. The summed E-state index contributed by atoms with van der Waals surface area (Å²) in [5, 5.41) is 11.0. The van der Waals surface area contributed by atoms with Gasteiger partial charge >= 0.3 is 0 Å². The fourth-order valence-electron chi connectivity index (χ4n) is 3.84. The first-order chi connectivity index (χ1) is 16.0. The van der Waals surface area contributed by atoms with Crippen molar-refractivity contribution in [2.24, 2.45) is 0 Å². The molecule has 3 aromatic rings. The van der Waals surface area contributed by atoms with Gasteiger partial charge in [-0.3, -0.25) is 4.79 Å². The SMILES string of the molecule is O=C(Cc1ccc(-n2cnnn2)cc1)N1CCN(S(=O)(=O)c2ccc3c(c2)OCCO3)CC1. The Balaban J connectivity index is 1.19. The van der Waals surface area contributed by atoms with Crippen LogP contribution in [0.25, 0.3) is 5.69 Å². The van der Waals surface area contributed by atoms with Crippen LogP contribution in [-0.2, 0) is 21.2 Å². The number of sulfonamides is 1. The number of fused-ring (bicyclic) bond motifs is 1. The molecule has 0 bridgehead atoms. The summed E-state index contributed by atoms with van der Waals surface area (Å²) >= 11 is 0. The number of tetrazole rings is 1. The molecule has 1 saturated heterocycles. The molecule has 2 aliphatic heterocycles. The van der Waals surface area contributed by atoms with Crippen LogP contribution in [-0.4, -0.2) is 83.1 Å². The predicted molar refractivity (Wildman–Crippen MR) is 116 cm³/mol. The van der Waals surface area contributed by atoms with Gasteiger partial charge in [0.1, 0.15) is 19.5 Å². The number of aromatic nitrogens is 4. The van der Waals surface area contributed by atoms with E-state index in [9.17, 15) is 13.2 Å². The van der Waals surface area contributed by atoms with Crippen LogP contribution in [0.15, 0.2) is 53.7 Å². The third kappa shape index (κ3) is 4.39. The lowest BCUT2D eigenvalue weighted by Crippen LogP contribution is -2.50. The third-order valence-electron chi connectivity index (χ3n) is 5.65. The molecule has 3 heterocycles. The van der Waals surface area contributed by atoms with Crippen LogP contribution in [0, 0.1) is 0 Å². The van der Waals surface area contributed by atoms with E-state index in [1.807, 2.05) is 24.3 Å². The van der Waals surface area contributed by atoms with Crippen molar-refractivity contribution in [2.45, 2.75) is 11.3 Å². The maximum absolute atomic E-state index is 13.1. The monoisotopic (exact) mass is 470 g/mol. The molecule has 12 heteroatoms. The lowest BCUT2D eigenvalue weighted by atomic mass is 10.1. The molecular weight excluding hydrogens is 448 g/mol. The molecule has 5 rings (SSSR count). The van der Waals surface area contributed by atoms with Gasteiger partial charge in [-0.05, 0) is 40.3 Å². The molecule has 11 nitrogen and oxygen atoms in total. The van der Waals surface area contributed by atoms with Crippen molar-refractivity contribution in [3.63, 3.8) is 0 Å². The Hall–Kier alpha value is -3.51. The minimum Gasteiger partial charge on any atom is -0.486 e. The number of piperazine rings is 1. The molecule has 0 spiro atoms. The summed E-state index contributed by atoms with van der Waals surface area (Å²) < 4.78 is 40.1. The quantitative estimate of drug-likeness (QED) is 0.529. The molecule has 1 aromatic heterocycles. The molecule has 33 heavy (non-hydrogen) atoms. The van der Waals surface area contributed by atoms with Gasteiger partial charge < -0.3 is 14.4 Å². The molecule has 2 aliphatic rings. The Morgan fingerprint density at radius 3 is 2.36 bits per heavy atom. The minimum atomic E-state index is -3.69. The molecule has 0 saturated carbocycles. The average molecular weight is 471 g/mol. The van der Waals surface area contributed by atoms with Crippen LogP contribution < -0.4 is 9.47 Å². The zero-order chi connectivity index (χ0) is 22.8. The van der Waals surface area contributed by atoms with Gasteiger partial charge in [0.15, 0.2) is 11.5 Å². The second-order valence-corrected chi connectivity index (χ2v) is 9.63. The number of carbonyl (C=O) groups is 1. The van der Waals surface area contributed by atoms with Crippen molar-refractivity contribution in [2.75, 3.05) is 39.4 Å². The van der Waals surface area contributed by atoms with Gasteiger partial charge in [-0.1, -0.05) is 12.1 Å². The molecule has 2 aromatic carbocycles. The first-order valence-corrected chi connectivity index (χ1v) is 11.9. The van der Waals surface area contributed by atoms with E-state index in [1.165, 1.54) is 27.4 Å². The van der Waals surface area contributed by atoms with Gasteiger partial charge in [0, 0.05) is 32.2 Å². The Labute approximate surface area is 190 Å². The number of rotatable bonds is 5. The topological polar surface area (TPSA) is 120 Å². The Morgan fingerprint density at radius 2 is 1.67 bits per heavy atom. The van der Waals surface area contributed by atoms with E-state index in [-0.39, 0.29) is 30.3 Å². The van der Waals surface area contributed by atoms with Gasteiger partial charge in [0.25, 0.3) is 0 Å². The van der Waals surface area contributed by atoms with Crippen LogP contribution in [0.3, 0.4) is 0 Å². The summed E-state index contributed by atoms with van der Waals surface area (Å²) in [6.45, 7) is 1.98. The molecule has 1 fully saturated rings. The standard InChI is InChI=1S/C21H22N6O5S/c28-21(13-16-1-3-17(4-2-16)27-15-22-23-24-27)25-7-9-26(10-8-25)33(29,30)18-5-6-19-20(14-18)32-12-11-31-19/h1-6,14-15H,7-13H2. The number of benzene rings is 2. The van der Waals surface area contributed by atoms with E-state index in [0.29, 0.717) is 37.8 Å². The molecule has 0 unspecified atom stereocenters. The normalized spacial score (nSPS) is 16.5. The van der Waals surface area contributed by atoms with Crippen molar-refractivity contribution in [3.8, 4) is 17.2 Å². The smallest absolute Gasteiger partial charge is 0.243 e. The van der Waals surface area contributed by atoms with Crippen LogP contribution in [0.4, 0.5) is 0 Å². The number of amides is 1. The number of carbonyl (C=O) groups excluding carboxylic acids is 1. The largest absolute Gasteiger partial charge is 0.486 e. The number of hydrogen-bond acceptors (Lipinski definition) is 8. The van der Waals surface area contributed by atoms with E-state index in [1.54, 1.807) is 11.0 Å². The highest BCUT2D eigenvalue weighted by atomic mass is 32.2. The van der Waals surface area contributed by atoms with Gasteiger partial charge in [-0.25, -0.2) is 13.1 Å². The Bertz CT molecular complexity index is 1240. The summed E-state index contributed by atoms with van der Waals surface area (Å²) in [5.41, 5.74) is 1.66. The van der Waals surface area contributed by atoms with E-state index < -0.39 is 10.0 Å². The average Bonchev–Trinajstić information content (AvgIpc) is 3.39. The maximum atomic E-state index is 13.1. The Morgan fingerprint density at radius 1 is 0.939 bits per heavy atom.